The van der Waals surface area contributed by atoms with Gasteiger partial charge in [0.15, 0.2) is 5.82 Å². The molecule has 1 aliphatic rings. The van der Waals surface area contributed by atoms with Crippen LogP contribution in [0.4, 0.5) is 11.6 Å². The summed E-state index contributed by atoms with van der Waals surface area (Å²) in [7, 11) is 0. The SMILES string of the molecule is CC(C)c1cnnc(Nc2ccc3ncc(C(C=NCCOC4CNC4)=CN)cc3n2)c1. The minimum Gasteiger partial charge on any atom is -0.404 e. The number of hydrogen-bond donors (Lipinski definition) is 3. The topological polar surface area (TPSA) is 123 Å². The molecule has 0 unspecified atom stereocenters. The van der Waals surface area contributed by atoms with Crippen molar-refractivity contribution in [2.45, 2.75) is 25.9 Å². The van der Waals surface area contributed by atoms with Gasteiger partial charge in [-0.1, -0.05) is 13.8 Å². The predicted octanol–water partition coefficient (Wildman–Crippen LogP) is 2.65. The summed E-state index contributed by atoms with van der Waals surface area (Å²) >= 11 is 0. The Kier molecular flexibility index (Phi) is 6.98. The third kappa shape index (κ3) is 5.43. The van der Waals surface area contributed by atoms with Crippen molar-refractivity contribution in [2.75, 3.05) is 31.6 Å². The lowest BCUT2D eigenvalue weighted by Gasteiger charge is -2.26. The molecular weight excluding hydrogens is 404 g/mol. The first kappa shape index (κ1) is 21.8. The third-order valence-electron chi connectivity index (χ3n) is 5.20. The van der Waals surface area contributed by atoms with Crippen molar-refractivity contribution < 1.29 is 4.74 Å². The smallest absolute Gasteiger partial charge is 0.154 e. The molecule has 0 amide bonds. The van der Waals surface area contributed by atoms with Gasteiger partial charge in [-0.3, -0.25) is 9.98 Å². The van der Waals surface area contributed by atoms with Crippen LogP contribution >= 0.6 is 0 Å². The molecule has 0 saturated carbocycles. The number of ether oxygens (including phenoxy) is 1. The van der Waals surface area contributed by atoms with Gasteiger partial charge < -0.3 is 21.1 Å². The number of pyridine rings is 2. The zero-order valence-corrected chi connectivity index (χ0v) is 18.3. The average molecular weight is 433 g/mol. The number of rotatable bonds is 9. The predicted molar refractivity (Wildman–Crippen MR) is 127 cm³/mol. The average Bonchev–Trinajstić information content (AvgIpc) is 2.77. The Bertz CT molecular complexity index is 1120. The molecule has 0 atom stereocenters. The molecule has 32 heavy (non-hydrogen) atoms. The number of aliphatic imine (C=N–C) groups is 1. The van der Waals surface area contributed by atoms with Crippen molar-refractivity contribution in [3.63, 3.8) is 0 Å². The van der Waals surface area contributed by atoms with E-state index in [1.165, 1.54) is 6.20 Å². The number of nitrogens with zero attached hydrogens (tertiary/aromatic N) is 5. The third-order valence-corrected chi connectivity index (χ3v) is 5.20. The van der Waals surface area contributed by atoms with Gasteiger partial charge in [-0.05, 0) is 35.7 Å². The first-order chi connectivity index (χ1) is 15.6. The standard InChI is InChI=1S/C23H28N8O/c1-15(2)16-8-23(31-28-12-16)30-22-4-3-20-21(29-22)7-17(11-27-20)18(9-24)10-25-5-6-32-19-13-26-14-19/h3-4,7-12,15,19,26H,5-6,13-14,24H2,1-2H3,(H,29,30,31). The van der Waals surface area contributed by atoms with Crippen molar-refractivity contribution in [1.29, 1.82) is 0 Å². The Hall–Kier alpha value is -3.43. The first-order valence-corrected chi connectivity index (χ1v) is 10.7. The molecule has 1 saturated heterocycles. The summed E-state index contributed by atoms with van der Waals surface area (Å²) in [6, 6.07) is 7.72. The van der Waals surface area contributed by atoms with Gasteiger partial charge in [0.1, 0.15) is 5.82 Å². The summed E-state index contributed by atoms with van der Waals surface area (Å²) in [4.78, 5) is 13.6. The van der Waals surface area contributed by atoms with E-state index >= 15 is 0 Å². The van der Waals surface area contributed by atoms with Crippen LogP contribution < -0.4 is 16.4 Å². The Morgan fingerprint density at radius 3 is 2.88 bits per heavy atom. The van der Waals surface area contributed by atoms with Gasteiger partial charge in [-0.15, -0.1) is 5.10 Å². The minimum atomic E-state index is 0.312. The largest absolute Gasteiger partial charge is 0.404 e. The van der Waals surface area contributed by atoms with Gasteiger partial charge >= 0.3 is 0 Å². The second-order valence-electron chi connectivity index (χ2n) is 7.92. The van der Waals surface area contributed by atoms with E-state index in [4.69, 9.17) is 10.5 Å². The van der Waals surface area contributed by atoms with Gasteiger partial charge in [0, 0.05) is 42.8 Å². The summed E-state index contributed by atoms with van der Waals surface area (Å²) in [5.74, 6) is 1.69. The lowest BCUT2D eigenvalue weighted by molar-refractivity contribution is 0.0239. The van der Waals surface area contributed by atoms with Gasteiger partial charge in [0.2, 0.25) is 0 Å². The van der Waals surface area contributed by atoms with Crippen molar-refractivity contribution in [3.05, 3.63) is 54.0 Å². The number of allylic oxidation sites excluding steroid dienone is 1. The lowest BCUT2D eigenvalue weighted by atomic mass is 10.1. The second kappa shape index (κ2) is 10.3. The number of hydrogen-bond acceptors (Lipinski definition) is 9. The summed E-state index contributed by atoms with van der Waals surface area (Å²) in [5, 5.41) is 14.6. The molecule has 3 aromatic rings. The number of nitrogens with two attached hydrogens (primary N) is 1. The van der Waals surface area contributed by atoms with E-state index in [0.717, 1.165) is 40.8 Å². The fraction of sp³-hybridized carbons (Fsp3) is 0.348. The number of aromatic nitrogens is 4. The van der Waals surface area contributed by atoms with Gasteiger partial charge in [0.05, 0.1) is 36.5 Å². The van der Waals surface area contributed by atoms with Crippen molar-refractivity contribution in [3.8, 4) is 0 Å². The maximum Gasteiger partial charge on any atom is 0.154 e. The Morgan fingerprint density at radius 2 is 2.12 bits per heavy atom. The summed E-state index contributed by atoms with van der Waals surface area (Å²) in [5.41, 5.74) is 10.1. The molecule has 4 rings (SSSR count). The Labute approximate surface area is 187 Å². The minimum absolute atomic E-state index is 0.312. The van der Waals surface area contributed by atoms with E-state index in [1.54, 1.807) is 18.6 Å². The monoisotopic (exact) mass is 432 g/mol. The van der Waals surface area contributed by atoms with Crippen LogP contribution in [0.3, 0.4) is 0 Å². The zero-order valence-electron chi connectivity index (χ0n) is 18.3. The summed E-state index contributed by atoms with van der Waals surface area (Å²) < 4.78 is 5.67. The molecule has 0 aromatic carbocycles. The lowest BCUT2D eigenvalue weighted by Crippen LogP contribution is -2.48. The van der Waals surface area contributed by atoms with Crippen LogP contribution in [0.15, 0.2) is 47.9 Å². The molecule has 4 heterocycles. The molecule has 166 valence electrons. The van der Waals surface area contributed by atoms with Gasteiger partial charge in [-0.2, -0.15) is 5.10 Å². The molecule has 0 bridgehead atoms. The molecular formula is C23H28N8O. The van der Waals surface area contributed by atoms with Crippen LogP contribution in [0.5, 0.6) is 0 Å². The highest BCUT2D eigenvalue weighted by molar-refractivity contribution is 6.10. The Balaban J connectivity index is 1.46. The molecule has 1 aliphatic heterocycles. The van der Waals surface area contributed by atoms with E-state index in [9.17, 15) is 0 Å². The van der Waals surface area contributed by atoms with Crippen molar-refractivity contribution >= 4 is 34.5 Å². The van der Waals surface area contributed by atoms with E-state index in [0.29, 0.717) is 36.8 Å². The van der Waals surface area contributed by atoms with Crippen LogP contribution in [0.1, 0.15) is 30.9 Å². The zero-order chi connectivity index (χ0) is 22.3. The van der Waals surface area contributed by atoms with Crippen molar-refractivity contribution in [1.82, 2.24) is 25.5 Å². The quantitative estimate of drug-likeness (QED) is 0.348. The maximum atomic E-state index is 5.84. The fourth-order valence-corrected chi connectivity index (χ4v) is 3.15. The van der Waals surface area contributed by atoms with Crippen molar-refractivity contribution in [2.24, 2.45) is 10.7 Å². The first-order valence-electron chi connectivity index (χ1n) is 10.7. The molecule has 9 nitrogen and oxygen atoms in total. The van der Waals surface area contributed by atoms with Crippen LogP contribution in [-0.2, 0) is 4.74 Å². The molecule has 0 spiro atoms. The highest BCUT2D eigenvalue weighted by atomic mass is 16.5. The van der Waals surface area contributed by atoms with Crippen LogP contribution in [0.25, 0.3) is 16.6 Å². The second-order valence-corrected chi connectivity index (χ2v) is 7.92. The van der Waals surface area contributed by atoms with E-state index in [2.05, 4.69) is 49.6 Å². The molecule has 9 heteroatoms. The maximum absolute atomic E-state index is 5.84. The molecule has 1 fully saturated rings. The number of nitrogens with one attached hydrogen (secondary N) is 2. The molecule has 0 aliphatic carbocycles. The van der Waals surface area contributed by atoms with E-state index in [1.807, 2.05) is 24.3 Å². The number of anilines is 2. The van der Waals surface area contributed by atoms with Gasteiger partial charge in [-0.25, -0.2) is 4.98 Å². The fourth-order valence-electron chi connectivity index (χ4n) is 3.15. The normalized spacial score (nSPS) is 14.9. The molecule has 4 N–H and O–H groups in total. The summed E-state index contributed by atoms with van der Waals surface area (Å²) in [6.07, 6.45) is 7.14. The number of fused-ring (bicyclic) bond motifs is 1. The van der Waals surface area contributed by atoms with Crippen LogP contribution in [0, 0.1) is 0 Å². The highest BCUT2D eigenvalue weighted by Crippen LogP contribution is 2.21. The van der Waals surface area contributed by atoms with Crippen LogP contribution in [-0.4, -0.2) is 58.7 Å². The van der Waals surface area contributed by atoms with E-state index < -0.39 is 0 Å². The molecule has 3 aromatic heterocycles. The van der Waals surface area contributed by atoms with E-state index in [-0.39, 0.29) is 0 Å². The summed E-state index contributed by atoms with van der Waals surface area (Å²) in [6.45, 7) is 7.24. The Morgan fingerprint density at radius 1 is 1.25 bits per heavy atom. The van der Waals surface area contributed by atoms with Crippen LogP contribution in [0.2, 0.25) is 0 Å². The molecule has 0 radical (unpaired) electrons. The highest BCUT2D eigenvalue weighted by Gasteiger charge is 2.16. The van der Waals surface area contributed by atoms with Gasteiger partial charge in [0.25, 0.3) is 0 Å².